The fourth-order valence-corrected chi connectivity index (χ4v) is 2.52. The molecule has 0 aromatic carbocycles. The molecule has 20 heavy (non-hydrogen) atoms. The van der Waals surface area contributed by atoms with Gasteiger partial charge in [0, 0.05) is 24.6 Å². The number of nitrogens with zero attached hydrogens (tertiary/aromatic N) is 3. The first kappa shape index (κ1) is 15.6. The van der Waals surface area contributed by atoms with E-state index in [4.69, 9.17) is 16.6 Å². The number of hydrogen-bond acceptors (Lipinski definition) is 3. The van der Waals surface area contributed by atoms with Gasteiger partial charge in [-0.2, -0.15) is 0 Å². The number of halogens is 1. The van der Waals surface area contributed by atoms with E-state index in [9.17, 15) is 0 Å². The van der Waals surface area contributed by atoms with E-state index in [1.807, 2.05) is 6.92 Å². The molecule has 0 saturated heterocycles. The zero-order chi connectivity index (χ0) is 14.5. The van der Waals surface area contributed by atoms with E-state index in [0.29, 0.717) is 11.1 Å². The minimum absolute atomic E-state index is 0.547. The van der Waals surface area contributed by atoms with Gasteiger partial charge >= 0.3 is 0 Å². The van der Waals surface area contributed by atoms with Crippen molar-refractivity contribution in [1.82, 2.24) is 9.97 Å². The molecule has 0 atom stereocenters. The number of rotatable bonds is 8. The monoisotopic (exact) mass is 295 g/mol. The summed E-state index contributed by atoms with van der Waals surface area (Å²) in [6.07, 6.45) is 7.23. The molecule has 1 fully saturated rings. The Labute approximate surface area is 127 Å². The maximum absolute atomic E-state index is 6.33. The molecule has 4 heteroatoms. The van der Waals surface area contributed by atoms with Crippen LogP contribution in [0.4, 0.5) is 5.82 Å². The van der Waals surface area contributed by atoms with Crippen LogP contribution in [0.15, 0.2) is 0 Å². The molecule has 0 N–H and O–H groups in total. The van der Waals surface area contributed by atoms with Crippen molar-refractivity contribution < 1.29 is 0 Å². The Morgan fingerprint density at radius 3 is 2.20 bits per heavy atom. The van der Waals surface area contributed by atoms with E-state index in [0.717, 1.165) is 30.3 Å². The van der Waals surface area contributed by atoms with Crippen molar-refractivity contribution in [3.05, 3.63) is 16.5 Å². The quantitative estimate of drug-likeness (QED) is 0.650. The third kappa shape index (κ3) is 3.85. The van der Waals surface area contributed by atoms with Gasteiger partial charge in [-0.15, -0.1) is 0 Å². The van der Waals surface area contributed by atoms with Gasteiger partial charge in [0.05, 0.1) is 0 Å². The van der Waals surface area contributed by atoms with Crippen molar-refractivity contribution in [1.29, 1.82) is 0 Å². The zero-order valence-electron chi connectivity index (χ0n) is 13.0. The molecule has 1 aliphatic carbocycles. The van der Waals surface area contributed by atoms with Crippen LogP contribution < -0.4 is 4.90 Å². The van der Waals surface area contributed by atoms with Crippen LogP contribution in [-0.4, -0.2) is 23.1 Å². The van der Waals surface area contributed by atoms with Crippen LogP contribution in [0.2, 0.25) is 5.15 Å². The van der Waals surface area contributed by atoms with Crippen molar-refractivity contribution in [2.75, 3.05) is 18.0 Å². The Morgan fingerprint density at radius 1 is 1.10 bits per heavy atom. The van der Waals surface area contributed by atoms with E-state index >= 15 is 0 Å². The average Bonchev–Trinajstić information content (AvgIpc) is 3.27. The molecule has 0 amide bonds. The molecule has 0 unspecified atom stereocenters. The SMILES string of the molecule is CCCCN(CCCC)c1nc(C2CC2)nc(Cl)c1C. The maximum Gasteiger partial charge on any atom is 0.137 e. The summed E-state index contributed by atoms with van der Waals surface area (Å²) in [5.74, 6) is 2.56. The third-order valence-electron chi connectivity index (χ3n) is 3.88. The van der Waals surface area contributed by atoms with Crippen molar-refractivity contribution in [3.63, 3.8) is 0 Å². The summed E-state index contributed by atoms with van der Waals surface area (Å²) in [6, 6.07) is 0. The normalized spacial score (nSPS) is 14.6. The smallest absolute Gasteiger partial charge is 0.137 e. The average molecular weight is 296 g/mol. The molecule has 1 saturated carbocycles. The second-order valence-electron chi connectivity index (χ2n) is 5.79. The lowest BCUT2D eigenvalue weighted by molar-refractivity contribution is 0.665. The lowest BCUT2D eigenvalue weighted by atomic mass is 10.2. The number of unbranched alkanes of at least 4 members (excludes halogenated alkanes) is 2. The molecule has 3 nitrogen and oxygen atoms in total. The van der Waals surface area contributed by atoms with Gasteiger partial charge < -0.3 is 4.90 Å². The summed E-state index contributed by atoms with van der Waals surface area (Å²) < 4.78 is 0. The maximum atomic E-state index is 6.33. The molecule has 2 rings (SSSR count). The topological polar surface area (TPSA) is 29.0 Å². The minimum Gasteiger partial charge on any atom is -0.356 e. The van der Waals surface area contributed by atoms with Crippen LogP contribution in [0, 0.1) is 6.92 Å². The highest BCUT2D eigenvalue weighted by atomic mass is 35.5. The number of anilines is 1. The molecule has 0 spiro atoms. The Kier molecular flexibility index (Phi) is 5.64. The van der Waals surface area contributed by atoms with E-state index < -0.39 is 0 Å². The first-order valence-electron chi connectivity index (χ1n) is 7.96. The van der Waals surface area contributed by atoms with Gasteiger partial charge in [0.2, 0.25) is 0 Å². The summed E-state index contributed by atoms with van der Waals surface area (Å²) >= 11 is 6.33. The highest BCUT2D eigenvalue weighted by Crippen LogP contribution is 2.40. The van der Waals surface area contributed by atoms with Crippen molar-refractivity contribution in [2.24, 2.45) is 0 Å². The van der Waals surface area contributed by atoms with Gasteiger partial charge in [-0.05, 0) is 32.6 Å². The van der Waals surface area contributed by atoms with Crippen LogP contribution in [0.5, 0.6) is 0 Å². The summed E-state index contributed by atoms with van der Waals surface area (Å²) in [7, 11) is 0. The van der Waals surface area contributed by atoms with Crippen molar-refractivity contribution in [3.8, 4) is 0 Å². The molecule has 1 aromatic heterocycles. The van der Waals surface area contributed by atoms with Crippen molar-refractivity contribution >= 4 is 17.4 Å². The summed E-state index contributed by atoms with van der Waals surface area (Å²) in [5, 5.41) is 0.634. The van der Waals surface area contributed by atoms with E-state index in [-0.39, 0.29) is 0 Å². The zero-order valence-corrected chi connectivity index (χ0v) is 13.7. The molecule has 1 aromatic rings. The second kappa shape index (κ2) is 7.26. The van der Waals surface area contributed by atoms with Gasteiger partial charge in [-0.25, -0.2) is 9.97 Å². The summed E-state index contributed by atoms with van der Waals surface area (Å²) in [6.45, 7) is 8.63. The predicted octanol–water partition coefficient (Wildman–Crippen LogP) is 4.72. The molecule has 1 heterocycles. The summed E-state index contributed by atoms with van der Waals surface area (Å²) in [4.78, 5) is 11.7. The largest absolute Gasteiger partial charge is 0.356 e. The van der Waals surface area contributed by atoms with E-state index in [1.54, 1.807) is 0 Å². The van der Waals surface area contributed by atoms with Crippen LogP contribution in [0.1, 0.15) is 69.7 Å². The second-order valence-corrected chi connectivity index (χ2v) is 6.15. The Hall–Kier alpha value is -0.830. The van der Waals surface area contributed by atoms with Gasteiger partial charge in [-0.3, -0.25) is 0 Å². The molecule has 1 aliphatic rings. The van der Waals surface area contributed by atoms with Gasteiger partial charge in [-0.1, -0.05) is 38.3 Å². The van der Waals surface area contributed by atoms with Crippen LogP contribution in [0.3, 0.4) is 0 Å². The highest BCUT2D eigenvalue weighted by molar-refractivity contribution is 6.30. The molecular weight excluding hydrogens is 270 g/mol. The molecular formula is C16H26ClN3. The highest BCUT2D eigenvalue weighted by Gasteiger charge is 2.28. The van der Waals surface area contributed by atoms with E-state index in [2.05, 4.69) is 23.7 Å². The Balaban J connectivity index is 2.24. The van der Waals surface area contributed by atoms with Crippen LogP contribution >= 0.6 is 11.6 Å². The molecule has 0 bridgehead atoms. The van der Waals surface area contributed by atoms with Gasteiger partial charge in [0.15, 0.2) is 0 Å². The van der Waals surface area contributed by atoms with E-state index in [1.165, 1.54) is 38.5 Å². The van der Waals surface area contributed by atoms with Crippen molar-refractivity contribution in [2.45, 2.75) is 65.2 Å². The Bertz CT molecular complexity index is 436. The molecule has 0 radical (unpaired) electrons. The lowest BCUT2D eigenvalue weighted by Gasteiger charge is -2.25. The van der Waals surface area contributed by atoms with Gasteiger partial charge in [0.1, 0.15) is 16.8 Å². The Morgan fingerprint density at radius 2 is 1.70 bits per heavy atom. The first-order valence-corrected chi connectivity index (χ1v) is 8.34. The third-order valence-corrected chi connectivity index (χ3v) is 4.25. The molecule has 112 valence electrons. The minimum atomic E-state index is 0.547. The predicted molar refractivity (Wildman–Crippen MR) is 85.8 cm³/mol. The van der Waals surface area contributed by atoms with Gasteiger partial charge in [0.25, 0.3) is 0 Å². The van der Waals surface area contributed by atoms with Crippen LogP contribution in [0.25, 0.3) is 0 Å². The summed E-state index contributed by atoms with van der Waals surface area (Å²) in [5.41, 5.74) is 1.03. The first-order chi connectivity index (χ1) is 9.67. The molecule has 0 aliphatic heterocycles. The fraction of sp³-hybridized carbons (Fsp3) is 0.750. The fourth-order valence-electron chi connectivity index (χ4n) is 2.35. The lowest BCUT2D eigenvalue weighted by Crippen LogP contribution is -2.28. The standard InChI is InChI=1S/C16H26ClN3/c1-4-6-10-20(11-7-5-2)16-12(3)14(17)18-15(19-16)13-8-9-13/h13H,4-11H2,1-3H3. The number of hydrogen-bond donors (Lipinski definition) is 0. The van der Waals surface area contributed by atoms with Crippen LogP contribution in [-0.2, 0) is 0 Å². The number of aromatic nitrogens is 2.